The van der Waals surface area contributed by atoms with Gasteiger partial charge in [-0.1, -0.05) is 30.3 Å². The van der Waals surface area contributed by atoms with Crippen molar-refractivity contribution in [2.45, 2.75) is 6.54 Å². The van der Waals surface area contributed by atoms with Crippen molar-refractivity contribution in [2.24, 2.45) is 0 Å². The van der Waals surface area contributed by atoms with Gasteiger partial charge in [-0.3, -0.25) is 0 Å². The van der Waals surface area contributed by atoms with Gasteiger partial charge in [0, 0.05) is 44.3 Å². The van der Waals surface area contributed by atoms with Gasteiger partial charge in [-0.25, -0.2) is 4.98 Å². The van der Waals surface area contributed by atoms with E-state index in [1.54, 1.807) is 14.2 Å². The van der Waals surface area contributed by atoms with Gasteiger partial charge in [0.1, 0.15) is 5.82 Å². The summed E-state index contributed by atoms with van der Waals surface area (Å²) in [5.41, 5.74) is 1.22. The monoisotopic (exact) mass is 422 g/mol. The van der Waals surface area contributed by atoms with E-state index < -0.39 is 0 Å². The molecule has 0 saturated carbocycles. The van der Waals surface area contributed by atoms with E-state index in [1.165, 1.54) is 5.56 Å². The smallest absolute Gasteiger partial charge is 0.169 e. The summed E-state index contributed by atoms with van der Waals surface area (Å²) in [4.78, 5) is 9.21. The third kappa shape index (κ3) is 4.26. The minimum Gasteiger partial charge on any atom is -0.493 e. The molecular weight excluding hydrogens is 396 g/mol. The van der Waals surface area contributed by atoms with E-state index in [0.717, 1.165) is 60.2 Å². The van der Waals surface area contributed by atoms with E-state index in [9.17, 15) is 0 Å². The lowest BCUT2D eigenvalue weighted by Crippen LogP contribution is -2.51. The largest absolute Gasteiger partial charge is 0.493 e. The summed E-state index contributed by atoms with van der Waals surface area (Å²) < 4.78 is 10.9. The normalized spacial score (nSPS) is 13.9. The highest BCUT2D eigenvalue weighted by molar-refractivity contribution is 7.80. The molecule has 0 unspecified atom stereocenters. The van der Waals surface area contributed by atoms with E-state index in [4.69, 9.17) is 21.7 Å². The molecule has 1 fully saturated rings. The van der Waals surface area contributed by atoms with Crippen molar-refractivity contribution in [1.82, 2.24) is 15.2 Å². The van der Waals surface area contributed by atoms with Crippen LogP contribution in [0, 0.1) is 0 Å². The van der Waals surface area contributed by atoms with Crippen LogP contribution in [0.25, 0.3) is 10.8 Å². The van der Waals surface area contributed by atoms with Gasteiger partial charge in [0.25, 0.3) is 0 Å². The Labute approximate surface area is 182 Å². The molecule has 0 aliphatic carbocycles. The van der Waals surface area contributed by atoms with Gasteiger partial charge in [-0.15, -0.1) is 0 Å². The number of benzene rings is 2. The Hall–Kier alpha value is -3.06. The standard InChI is InChI=1S/C23H26N4O2S/c1-28-20-14-18-8-9-24-22(19(18)15-21(20)29-2)26-10-12-27(13-11-26)23(30)25-16-17-6-4-3-5-7-17/h3-9,14-15H,10-13,16H2,1-2H3,(H,25,30). The van der Waals surface area contributed by atoms with Gasteiger partial charge in [-0.2, -0.15) is 0 Å². The predicted molar refractivity (Wildman–Crippen MR) is 125 cm³/mol. The highest BCUT2D eigenvalue weighted by Gasteiger charge is 2.22. The van der Waals surface area contributed by atoms with E-state index in [0.29, 0.717) is 5.75 Å². The first kappa shape index (κ1) is 20.2. The van der Waals surface area contributed by atoms with Crippen LogP contribution in [0.2, 0.25) is 0 Å². The van der Waals surface area contributed by atoms with Crippen molar-refractivity contribution in [3.8, 4) is 11.5 Å². The van der Waals surface area contributed by atoms with E-state index in [-0.39, 0.29) is 0 Å². The molecule has 7 heteroatoms. The maximum absolute atomic E-state index is 5.62. The molecule has 0 spiro atoms. The fourth-order valence-corrected chi connectivity index (χ4v) is 4.00. The summed E-state index contributed by atoms with van der Waals surface area (Å²) in [6, 6.07) is 16.3. The number of hydrogen-bond acceptors (Lipinski definition) is 5. The minimum absolute atomic E-state index is 0.712. The lowest BCUT2D eigenvalue weighted by molar-refractivity contribution is 0.356. The Morgan fingerprint density at radius 2 is 1.70 bits per heavy atom. The molecule has 0 bridgehead atoms. The number of methoxy groups -OCH3 is 2. The van der Waals surface area contributed by atoms with Crippen LogP contribution in [0.5, 0.6) is 11.5 Å². The Morgan fingerprint density at radius 1 is 1.00 bits per heavy atom. The van der Waals surface area contributed by atoms with Crippen LogP contribution in [0.3, 0.4) is 0 Å². The molecule has 1 saturated heterocycles. The fraction of sp³-hybridized carbons (Fsp3) is 0.304. The second kappa shape index (κ2) is 9.17. The van der Waals surface area contributed by atoms with Gasteiger partial charge in [0.05, 0.1) is 14.2 Å². The molecule has 30 heavy (non-hydrogen) atoms. The zero-order valence-corrected chi connectivity index (χ0v) is 18.1. The number of ether oxygens (including phenoxy) is 2. The lowest BCUT2D eigenvalue weighted by atomic mass is 10.1. The average Bonchev–Trinajstić information content (AvgIpc) is 2.82. The molecule has 156 valence electrons. The zero-order chi connectivity index (χ0) is 20.9. The highest BCUT2D eigenvalue weighted by atomic mass is 32.1. The summed E-state index contributed by atoms with van der Waals surface area (Å²) in [5.74, 6) is 2.40. The molecule has 2 heterocycles. The maximum atomic E-state index is 5.62. The molecule has 1 N–H and O–H groups in total. The Kier molecular flexibility index (Phi) is 6.18. The molecule has 0 atom stereocenters. The zero-order valence-electron chi connectivity index (χ0n) is 17.3. The molecule has 1 aliphatic heterocycles. The second-order valence-corrected chi connectivity index (χ2v) is 7.57. The Morgan fingerprint density at radius 3 is 2.40 bits per heavy atom. The molecular formula is C23H26N4O2S. The van der Waals surface area contributed by atoms with Crippen molar-refractivity contribution in [2.75, 3.05) is 45.3 Å². The van der Waals surface area contributed by atoms with Gasteiger partial charge in [0.15, 0.2) is 16.6 Å². The van der Waals surface area contributed by atoms with E-state index in [2.05, 4.69) is 32.2 Å². The number of rotatable bonds is 5. The molecule has 6 nitrogen and oxygen atoms in total. The molecule has 0 radical (unpaired) electrons. The Bertz CT molecular complexity index is 1020. The van der Waals surface area contributed by atoms with Gasteiger partial charge in [0.2, 0.25) is 0 Å². The molecule has 0 amide bonds. The van der Waals surface area contributed by atoms with Crippen molar-refractivity contribution in [3.63, 3.8) is 0 Å². The second-order valence-electron chi connectivity index (χ2n) is 7.18. The van der Waals surface area contributed by atoms with E-state index in [1.807, 2.05) is 42.6 Å². The van der Waals surface area contributed by atoms with Crippen LogP contribution < -0.4 is 19.7 Å². The first-order chi connectivity index (χ1) is 14.7. The first-order valence-electron chi connectivity index (χ1n) is 10.0. The summed E-state index contributed by atoms with van der Waals surface area (Å²) in [6.45, 7) is 4.16. The summed E-state index contributed by atoms with van der Waals surface area (Å²) in [7, 11) is 3.31. The molecule has 1 aliphatic rings. The first-order valence-corrected chi connectivity index (χ1v) is 10.4. The molecule has 3 aromatic rings. The summed E-state index contributed by atoms with van der Waals surface area (Å²) in [6.07, 6.45) is 1.85. The van der Waals surface area contributed by atoms with Gasteiger partial charge < -0.3 is 24.6 Å². The van der Waals surface area contributed by atoms with Crippen LogP contribution in [-0.2, 0) is 6.54 Å². The summed E-state index contributed by atoms with van der Waals surface area (Å²) in [5, 5.41) is 6.32. The minimum atomic E-state index is 0.712. The quantitative estimate of drug-likeness (QED) is 0.632. The number of aromatic nitrogens is 1. The summed E-state index contributed by atoms with van der Waals surface area (Å²) >= 11 is 5.62. The van der Waals surface area contributed by atoms with Gasteiger partial charge >= 0.3 is 0 Å². The van der Waals surface area contributed by atoms with Crippen LogP contribution in [-0.4, -0.2) is 55.4 Å². The number of thiocarbonyl (C=S) groups is 1. The van der Waals surface area contributed by atoms with Crippen LogP contribution >= 0.6 is 12.2 Å². The number of pyridine rings is 1. The van der Waals surface area contributed by atoms with Crippen molar-refractivity contribution in [3.05, 3.63) is 60.3 Å². The number of nitrogens with zero attached hydrogens (tertiary/aromatic N) is 3. The third-order valence-corrected chi connectivity index (χ3v) is 5.80. The molecule has 4 rings (SSSR count). The van der Waals surface area contributed by atoms with Crippen LogP contribution in [0.4, 0.5) is 5.82 Å². The van der Waals surface area contributed by atoms with Crippen molar-refractivity contribution < 1.29 is 9.47 Å². The number of piperazine rings is 1. The number of fused-ring (bicyclic) bond motifs is 1. The van der Waals surface area contributed by atoms with Crippen molar-refractivity contribution in [1.29, 1.82) is 0 Å². The third-order valence-electron chi connectivity index (χ3n) is 5.40. The number of nitrogens with one attached hydrogen (secondary N) is 1. The van der Waals surface area contributed by atoms with Crippen LogP contribution in [0.15, 0.2) is 54.7 Å². The average molecular weight is 423 g/mol. The van der Waals surface area contributed by atoms with Crippen molar-refractivity contribution >= 4 is 33.9 Å². The lowest BCUT2D eigenvalue weighted by Gasteiger charge is -2.37. The predicted octanol–water partition coefficient (Wildman–Crippen LogP) is 3.45. The SMILES string of the molecule is COc1cc2ccnc(N3CCN(C(=S)NCc4ccccc4)CC3)c2cc1OC. The number of hydrogen-bond donors (Lipinski definition) is 1. The molecule has 1 aromatic heterocycles. The molecule has 2 aromatic carbocycles. The van der Waals surface area contributed by atoms with Gasteiger partial charge in [-0.05, 0) is 41.4 Å². The Balaban J connectivity index is 1.43. The maximum Gasteiger partial charge on any atom is 0.169 e. The highest BCUT2D eigenvalue weighted by Crippen LogP contribution is 2.35. The fourth-order valence-electron chi connectivity index (χ4n) is 3.74. The topological polar surface area (TPSA) is 49.9 Å². The number of anilines is 1. The van der Waals surface area contributed by atoms with E-state index >= 15 is 0 Å². The van der Waals surface area contributed by atoms with Crippen LogP contribution in [0.1, 0.15) is 5.56 Å².